The molecule has 1 atom stereocenters. The molecule has 0 bridgehead atoms. The molecule has 1 unspecified atom stereocenters. The minimum absolute atomic E-state index is 0.0245. The molecule has 25 heavy (non-hydrogen) atoms. The van der Waals surface area contributed by atoms with Crippen LogP contribution in [0.5, 0.6) is 23.0 Å². The second kappa shape index (κ2) is 8.28. The Labute approximate surface area is 146 Å². The monoisotopic (exact) mass is 346 g/mol. The first-order valence-corrected chi connectivity index (χ1v) is 7.89. The standard InChI is InChI=1S/C19H22O6/c1-4-25-18-10-12(5-7-16(18)20)9-15(19(21)22)14-11-13(23-2)6-8-17(14)24-3/h5-8,10-11,15,20H,4,9H2,1-3H3,(H,21,22). The van der Waals surface area contributed by atoms with E-state index in [0.717, 1.165) is 5.56 Å². The number of carbonyl (C=O) groups is 1. The molecule has 2 N–H and O–H groups in total. The van der Waals surface area contributed by atoms with Crippen molar-refractivity contribution in [3.05, 3.63) is 47.5 Å². The second-order valence-corrected chi connectivity index (χ2v) is 5.44. The van der Waals surface area contributed by atoms with Crippen molar-refractivity contribution in [2.75, 3.05) is 20.8 Å². The molecule has 0 aliphatic heterocycles. The molecule has 0 heterocycles. The van der Waals surface area contributed by atoms with Crippen LogP contribution < -0.4 is 14.2 Å². The van der Waals surface area contributed by atoms with Crippen LogP contribution in [-0.4, -0.2) is 37.0 Å². The van der Waals surface area contributed by atoms with E-state index in [1.807, 2.05) is 6.92 Å². The van der Waals surface area contributed by atoms with E-state index >= 15 is 0 Å². The maximum Gasteiger partial charge on any atom is 0.311 e. The molecule has 0 fully saturated rings. The van der Waals surface area contributed by atoms with Crippen LogP contribution in [0.25, 0.3) is 0 Å². The number of benzene rings is 2. The summed E-state index contributed by atoms with van der Waals surface area (Å²) in [5, 5.41) is 19.5. The van der Waals surface area contributed by atoms with E-state index in [9.17, 15) is 15.0 Å². The van der Waals surface area contributed by atoms with Crippen LogP contribution in [0.1, 0.15) is 24.0 Å². The zero-order chi connectivity index (χ0) is 18.4. The zero-order valence-electron chi connectivity index (χ0n) is 14.5. The largest absolute Gasteiger partial charge is 0.504 e. The molecule has 2 rings (SSSR count). The highest BCUT2D eigenvalue weighted by Gasteiger charge is 2.25. The average molecular weight is 346 g/mol. The molecule has 6 heteroatoms. The summed E-state index contributed by atoms with van der Waals surface area (Å²) < 4.78 is 15.9. The fraction of sp³-hybridized carbons (Fsp3) is 0.316. The molecule has 0 radical (unpaired) electrons. The van der Waals surface area contributed by atoms with Gasteiger partial charge in [0.1, 0.15) is 11.5 Å². The van der Waals surface area contributed by atoms with E-state index in [1.54, 1.807) is 30.3 Å². The third-order valence-electron chi connectivity index (χ3n) is 3.87. The first kappa shape index (κ1) is 18.4. The van der Waals surface area contributed by atoms with Gasteiger partial charge in [-0.3, -0.25) is 4.79 Å². The van der Waals surface area contributed by atoms with Gasteiger partial charge in [0.15, 0.2) is 11.5 Å². The maximum atomic E-state index is 11.9. The predicted molar refractivity (Wildman–Crippen MR) is 92.9 cm³/mol. The Kier molecular flexibility index (Phi) is 6.11. The number of rotatable bonds is 8. The van der Waals surface area contributed by atoms with Crippen molar-refractivity contribution >= 4 is 5.97 Å². The number of phenolic OH excluding ortho intramolecular Hbond substituents is 1. The number of aromatic hydroxyl groups is 1. The molecule has 0 saturated heterocycles. The van der Waals surface area contributed by atoms with Crippen LogP contribution in [0, 0.1) is 0 Å². The average Bonchev–Trinajstić information content (AvgIpc) is 2.61. The molecule has 0 aliphatic rings. The van der Waals surface area contributed by atoms with Crippen molar-refractivity contribution in [1.29, 1.82) is 0 Å². The molecule has 0 aliphatic carbocycles. The van der Waals surface area contributed by atoms with E-state index in [0.29, 0.717) is 29.4 Å². The first-order valence-electron chi connectivity index (χ1n) is 7.89. The Morgan fingerprint density at radius 1 is 1.08 bits per heavy atom. The molecule has 2 aromatic carbocycles. The molecule has 0 aromatic heterocycles. The Balaban J connectivity index is 2.40. The van der Waals surface area contributed by atoms with E-state index in [1.165, 1.54) is 20.3 Å². The summed E-state index contributed by atoms with van der Waals surface area (Å²) in [4.78, 5) is 11.9. The number of aliphatic carboxylic acids is 1. The lowest BCUT2D eigenvalue weighted by Crippen LogP contribution is -2.15. The summed E-state index contributed by atoms with van der Waals surface area (Å²) >= 11 is 0. The minimum Gasteiger partial charge on any atom is -0.504 e. The highest BCUT2D eigenvalue weighted by Crippen LogP contribution is 2.35. The van der Waals surface area contributed by atoms with Gasteiger partial charge < -0.3 is 24.4 Å². The minimum atomic E-state index is -0.974. The Morgan fingerprint density at radius 2 is 1.84 bits per heavy atom. The van der Waals surface area contributed by atoms with E-state index in [-0.39, 0.29) is 12.2 Å². The second-order valence-electron chi connectivity index (χ2n) is 5.44. The topological polar surface area (TPSA) is 85.2 Å². The predicted octanol–water partition coefficient (Wildman–Crippen LogP) is 3.22. The number of hydrogen-bond acceptors (Lipinski definition) is 5. The molecule has 0 amide bonds. The number of hydrogen-bond donors (Lipinski definition) is 2. The summed E-state index contributed by atoms with van der Waals surface area (Å²) in [7, 11) is 3.02. The maximum absolute atomic E-state index is 11.9. The van der Waals surface area contributed by atoms with Crippen molar-refractivity contribution in [1.82, 2.24) is 0 Å². The lowest BCUT2D eigenvalue weighted by Gasteiger charge is -2.18. The van der Waals surface area contributed by atoms with Crippen molar-refractivity contribution in [2.45, 2.75) is 19.3 Å². The van der Waals surface area contributed by atoms with E-state index < -0.39 is 11.9 Å². The fourth-order valence-corrected chi connectivity index (χ4v) is 2.63. The van der Waals surface area contributed by atoms with Crippen LogP contribution in [0.15, 0.2) is 36.4 Å². The summed E-state index contributed by atoms with van der Waals surface area (Å²) in [5.74, 6) is -0.403. The van der Waals surface area contributed by atoms with Gasteiger partial charge in [-0.05, 0) is 49.2 Å². The summed E-state index contributed by atoms with van der Waals surface area (Å²) in [5.41, 5.74) is 1.26. The van der Waals surface area contributed by atoms with Gasteiger partial charge in [0.2, 0.25) is 0 Å². The molecular weight excluding hydrogens is 324 g/mol. The lowest BCUT2D eigenvalue weighted by molar-refractivity contribution is -0.138. The molecule has 134 valence electrons. The summed E-state index contributed by atoms with van der Waals surface area (Å²) in [6.07, 6.45) is 0.221. The molecular formula is C19H22O6. The Bertz CT molecular complexity index is 741. The van der Waals surface area contributed by atoms with Gasteiger partial charge in [-0.1, -0.05) is 6.07 Å². The van der Waals surface area contributed by atoms with Gasteiger partial charge in [-0.15, -0.1) is 0 Å². The van der Waals surface area contributed by atoms with Crippen molar-refractivity contribution in [2.24, 2.45) is 0 Å². The highest BCUT2D eigenvalue weighted by atomic mass is 16.5. The Morgan fingerprint density at radius 3 is 2.44 bits per heavy atom. The van der Waals surface area contributed by atoms with Crippen LogP contribution in [-0.2, 0) is 11.2 Å². The van der Waals surface area contributed by atoms with Crippen LogP contribution in [0.3, 0.4) is 0 Å². The molecule has 0 saturated carbocycles. The van der Waals surface area contributed by atoms with Gasteiger partial charge in [0, 0.05) is 5.56 Å². The van der Waals surface area contributed by atoms with E-state index in [4.69, 9.17) is 14.2 Å². The van der Waals surface area contributed by atoms with E-state index in [2.05, 4.69) is 0 Å². The van der Waals surface area contributed by atoms with Crippen LogP contribution >= 0.6 is 0 Å². The van der Waals surface area contributed by atoms with Crippen LogP contribution in [0.2, 0.25) is 0 Å². The molecule has 0 spiro atoms. The van der Waals surface area contributed by atoms with Crippen molar-refractivity contribution in [3.63, 3.8) is 0 Å². The number of carboxylic acids is 1. The first-order chi connectivity index (χ1) is 12.0. The lowest BCUT2D eigenvalue weighted by atomic mass is 9.91. The van der Waals surface area contributed by atoms with Crippen molar-refractivity contribution < 1.29 is 29.2 Å². The third kappa shape index (κ3) is 4.35. The highest BCUT2D eigenvalue weighted by molar-refractivity contribution is 5.78. The smallest absolute Gasteiger partial charge is 0.311 e. The quantitative estimate of drug-likeness (QED) is 0.763. The van der Waals surface area contributed by atoms with Gasteiger partial charge in [-0.25, -0.2) is 0 Å². The third-order valence-corrected chi connectivity index (χ3v) is 3.87. The molecule has 2 aromatic rings. The number of phenols is 1. The fourth-order valence-electron chi connectivity index (χ4n) is 2.63. The normalized spacial score (nSPS) is 11.6. The van der Waals surface area contributed by atoms with Gasteiger partial charge in [-0.2, -0.15) is 0 Å². The Hall–Kier alpha value is -2.89. The van der Waals surface area contributed by atoms with Gasteiger partial charge in [0.25, 0.3) is 0 Å². The molecule has 6 nitrogen and oxygen atoms in total. The summed E-state index contributed by atoms with van der Waals surface area (Å²) in [6, 6.07) is 9.91. The SMILES string of the molecule is CCOc1cc(CC(C(=O)O)c2cc(OC)ccc2OC)ccc1O. The van der Waals surface area contributed by atoms with Gasteiger partial charge in [0.05, 0.1) is 26.7 Å². The van der Waals surface area contributed by atoms with Gasteiger partial charge >= 0.3 is 5.97 Å². The van der Waals surface area contributed by atoms with Crippen LogP contribution in [0.4, 0.5) is 0 Å². The zero-order valence-corrected chi connectivity index (χ0v) is 14.5. The number of ether oxygens (including phenoxy) is 3. The number of carboxylic acid groups (broad SMARTS) is 1. The summed E-state index contributed by atoms with van der Waals surface area (Å²) in [6.45, 7) is 2.22. The number of methoxy groups -OCH3 is 2. The van der Waals surface area contributed by atoms with Crippen molar-refractivity contribution in [3.8, 4) is 23.0 Å².